The maximum atomic E-state index is 13.1. The van der Waals surface area contributed by atoms with Gasteiger partial charge in [0.05, 0.1) is 24.4 Å². The topological polar surface area (TPSA) is 125 Å². The van der Waals surface area contributed by atoms with Gasteiger partial charge in [-0.05, 0) is 52.8 Å². The minimum Gasteiger partial charge on any atom is -0.478 e. The van der Waals surface area contributed by atoms with Crippen LogP contribution in [0, 0.1) is 0 Å². The van der Waals surface area contributed by atoms with Crippen LogP contribution in [0.4, 0.5) is 13.2 Å². The molecule has 2 heterocycles. The Hall–Kier alpha value is -4.69. The number of carboxylic acids is 1. The third-order valence-corrected chi connectivity index (χ3v) is 10.4. The molecule has 13 heteroatoms. The summed E-state index contributed by atoms with van der Waals surface area (Å²) >= 11 is 1.41. The number of aromatic carboxylic acids is 1. The fraction of sp³-hybridized carbons (Fsp3) is 0.308. The number of thioether (sulfide) groups is 1. The molecule has 3 N–H and O–H groups in total. The fourth-order valence-electron chi connectivity index (χ4n) is 6.50. The van der Waals surface area contributed by atoms with Crippen LogP contribution >= 0.6 is 11.8 Å². The minimum atomic E-state index is -5.05. The lowest BCUT2D eigenvalue weighted by Gasteiger charge is -2.36. The summed E-state index contributed by atoms with van der Waals surface area (Å²) in [6.45, 7) is -0.149. The molecule has 0 saturated carbocycles. The molecular weight excluding hydrogens is 697 g/mol. The first-order valence-corrected chi connectivity index (χ1v) is 17.8. The number of hydrogen-bond donors (Lipinski definition) is 3. The highest BCUT2D eigenvalue weighted by molar-refractivity contribution is 7.99. The number of aliphatic hydroxyl groups excluding tert-OH is 1. The number of ether oxygens (including phenoxy) is 2. The Morgan fingerprint density at radius 2 is 1.58 bits per heavy atom. The third kappa shape index (κ3) is 8.67. The first-order valence-electron chi connectivity index (χ1n) is 16.8. The van der Waals surface area contributed by atoms with Gasteiger partial charge in [-0.3, -0.25) is 9.59 Å². The quantitative estimate of drug-likeness (QED) is 0.140. The van der Waals surface area contributed by atoms with Crippen molar-refractivity contribution in [1.82, 2.24) is 10.2 Å². The molecule has 52 heavy (non-hydrogen) atoms. The van der Waals surface area contributed by atoms with Gasteiger partial charge in [0.1, 0.15) is 6.04 Å². The number of rotatable bonds is 11. The molecule has 2 fully saturated rings. The van der Waals surface area contributed by atoms with Crippen LogP contribution in [0.5, 0.6) is 0 Å². The van der Waals surface area contributed by atoms with Crippen LogP contribution < -0.4 is 5.32 Å². The predicted octanol–water partition coefficient (Wildman–Crippen LogP) is 7.05. The van der Waals surface area contributed by atoms with E-state index < -0.39 is 36.3 Å². The van der Waals surface area contributed by atoms with Gasteiger partial charge in [0.2, 0.25) is 5.91 Å². The number of amides is 2. The lowest BCUT2D eigenvalue weighted by molar-refractivity contribution is -0.245. The van der Waals surface area contributed by atoms with Crippen LogP contribution in [0.3, 0.4) is 0 Å². The summed E-state index contributed by atoms with van der Waals surface area (Å²) in [7, 11) is 0. The zero-order valence-electron chi connectivity index (χ0n) is 27.9. The molecule has 0 bridgehead atoms. The highest BCUT2D eigenvalue weighted by Gasteiger charge is 2.47. The van der Waals surface area contributed by atoms with E-state index in [0.717, 1.165) is 33.4 Å². The predicted molar refractivity (Wildman–Crippen MR) is 187 cm³/mol. The summed E-state index contributed by atoms with van der Waals surface area (Å²) in [5, 5.41) is 21.9. The maximum Gasteiger partial charge on any atom is 0.471 e. The number of carbonyl (C=O) groups excluding carboxylic acids is 2. The van der Waals surface area contributed by atoms with Crippen LogP contribution in [0.2, 0.25) is 0 Å². The molecular formula is C39H37F3N2O7S. The first kappa shape index (κ1) is 37.1. The summed E-state index contributed by atoms with van der Waals surface area (Å²) in [5.74, 6) is -3.16. The van der Waals surface area contributed by atoms with E-state index in [1.807, 2.05) is 66.7 Å². The van der Waals surface area contributed by atoms with E-state index in [9.17, 15) is 37.8 Å². The van der Waals surface area contributed by atoms with Gasteiger partial charge in [-0.1, -0.05) is 84.9 Å². The summed E-state index contributed by atoms with van der Waals surface area (Å²) in [4.78, 5) is 37.8. The monoisotopic (exact) mass is 734 g/mol. The van der Waals surface area contributed by atoms with Crippen LogP contribution in [-0.2, 0) is 32.2 Å². The number of halogens is 3. The van der Waals surface area contributed by atoms with Crippen LogP contribution in [0.15, 0.2) is 102 Å². The van der Waals surface area contributed by atoms with Crippen molar-refractivity contribution < 1.29 is 47.2 Å². The van der Waals surface area contributed by atoms with Crippen molar-refractivity contribution in [2.45, 2.75) is 68.0 Å². The lowest BCUT2D eigenvalue weighted by Crippen LogP contribution is -2.50. The summed E-state index contributed by atoms with van der Waals surface area (Å²) in [6.07, 6.45) is -5.42. The van der Waals surface area contributed by atoms with Crippen molar-refractivity contribution in [1.29, 1.82) is 0 Å². The molecule has 2 aliphatic heterocycles. The van der Waals surface area contributed by atoms with Crippen molar-refractivity contribution >= 4 is 29.5 Å². The molecule has 4 atom stereocenters. The van der Waals surface area contributed by atoms with Gasteiger partial charge in [0, 0.05) is 35.7 Å². The molecule has 2 saturated heterocycles. The SMILES string of the molecule is O=C(O)c1ccccc1SC[C@H]1C[C@@H](c2ccc(CO)cc2)O[C@@H](c2ccc(-c3ccccc3CNC(=O)[C@@H]3CCCN3C(=O)C(F)(F)F)cc2)O1. The molecule has 272 valence electrons. The second-order valence-electron chi connectivity index (χ2n) is 12.6. The Labute approximate surface area is 302 Å². The zero-order chi connectivity index (χ0) is 36.8. The van der Waals surface area contributed by atoms with E-state index in [4.69, 9.17) is 9.47 Å². The van der Waals surface area contributed by atoms with Crippen molar-refractivity contribution in [2.75, 3.05) is 12.3 Å². The Morgan fingerprint density at radius 3 is 2.29 bits per heavy atom. The smallest absolute Gasteiger partial charge is 0.471 e. The zero-order valence-corrected chi connectivity index (χ0v) is 28.7. The molecule has 2 aliphatic rings. The van der Waals surface area contributed by atoms with Gasteiger partial charge in [-0.15, -0.1) is 11.8 Å². The number of likely N-dealkylation sites (tertiary alicyclic amines) is 1. The average molecular weight is 735 g/mol. The molecule has 9 nitrogen and oxygen atoms in total. The van der Waals surface area contributed by atoms with Gasteiger partial charge in [-0.2, -0.15) is 13.2 Å². The molecule has 6 rings (SSSR count). The molecule has 4 aromatic carbocycles. The molecule has 0 unspecified atom stereocenters. The van der Waals surface area contributed by atoms with Gasteiger partial charge in [0.15, 0.2) is 6.29 Å². The molecule has 0 aromatic heterocycles. The summed E-state index contributed by atoms with van der Waals surface area (Å²) in [6, 6.07) is 28.1. The Morgan fingerprint density at radius 1 is 0.885 bits per heavy atom. The number of nitrogens with zero attached hydrogens (tertiary/aromatic N) is 1. The summed E-state index contributed by atoms with van der Waals surface area (Å²) < 4.78 is 52.2. The van der Waals surface area contributed by atoms with Crippen molar-refractivity contribution in [2.24, 2.45) is 0 Å². The van der Waals surface area contributed by atoms with Crippen molar-refractivity contribution in [3.8, 4) is 11.1 Å². The van der Waals surface area contributed by atoms with Gasteiger partial charge >= 0.3 is 18.1 Å². The highest BCUT2D eigenvalue weighted by Crippen LogP contribution is 2.40. The number of hydrogen-bond acceptors (Lipinski definition) is 7. The Balaban J connectivity index is 1.17. The van der Waals surface area contributed by atoms with Gasteiger partial charge in [0.25, 0.3) is 0 Å². The van der Waals surface area contributed by atoms with Crippen molar-refractivity contribution in [3.63, 3.8) is 0 Å². The highest BCUT2D eigenvalue weighted by atomic mass is 32.2. The Bertz CT molecular complexity index is 1890. The standard InChI is InChI=1S/C39H37F3N2O7S/c40-39(41,42)38(49)44-19-5-9-32(44)35(46)43-21-28-6-1-2-7-30(28)25-15-17-27(18-16-25)37-50-29(23-52-34-10-4-3-8-31(34)36(47)48)20-33(51-37)26-13-11-24(22-45)12-14-26/h1-4,6-8,10-18,29,32-33,37,45H,5,9,19-23H2,(H,43,46)(H,47,48)/t29-,32+,33+,37+/m1/s1. The number of alkyl halides is 3. The lowest BCUT2D eigenvalue weighted by atomic mass is 9.97. The molecule has 4 aromatic rings. The number of carboxylic acid groups (broad SMARTS) is 1. The van der Waals surface area contributed by atoms with Gasteiger partial charge < -0.3 is 29.9 Å². The van der Waals surface area contributed by atoms with Gasteiger partial charge in [-0.25, -0.2) is 4.79 Å². The second kappa shape index (κ2) is 16.3. The largest absolute Gasteiger partial charge is 0.478 e. The number of nitrogens with one attached hydrogen (secondary N) is 1. The third-order valence-electron chi connectivity index (χ3n) is 9.18. The van der Waals surface area contributed by atoms with Crippen LogP contribution in [0.25, 0.3) is 11.1 Å². The normalized spacial score (nSPS) is 20.4. The molecule has 2 amide bonds. The first-order chi connectivity index (χ1) is 25.0. The number of aliphatic hydroxyl groups is 1. The maximum absolute atomic E-state index is 13.1. The Kier molecular flexibility index (Phi) is 11.6. The van der Waals surface area contributed by atoms with Crippen LogP contribution in [-0.4, -0.2) is 63.5 Å². The van der Waals surface area contributed by atoms with Crippen LogP contribution in [0.1, 0.15) is 64.3 Å². The average Bonchev–Trinajstić information content (AvgIpc) is 3.66. The minimum absolute atomic E-state index is 0.0528. The van der Waals surface area contributed by atoms with E-state index in [1.54, 1.807) is 30.3 Å². The number of benzene rings is 4. The fourth-order valence-corrected chi connectivity index (χ4v) is 7.56. The van der Waals surface area contributed by atoms with E-state index in [-0.39, 0.29) is 43.9 Å². The second-order valence-corrected chi connectivity index (χ2v) is 13.7. The van der Waals surface area contributed by atoms with Crippen molar-refractivity contribution in [3.05, 3.63) is 125 Å². The summed E-state index contributed by atoms with van der Waals surface area (Å²) in [5.41, 5.74) is 5.04. The molecule has 0 radical (unpaired) electrons. The number of carbonyl (C=O) groups is 3. The van der Waals surface area contributed by atoms with E-state index >= 15 is 0 Å². The molecule has 0 aliphatic carbocycles. The molecule has 0 spiro atoms. The van der Waals surface area contributed by atoms with E-state index in [0.29, 0.717) is 28.4 Å². The van der Waals surface area contributed by atoms with E-state index in [2.05, 4.69) is 5.32 Å². The van der Waals surface area contributed by atoms with E-state index in [1.165, 1.54) is 11.8 Å².